The molecule has 5 heteroatoms. The number of piperidine rings is 1. The lowest BCUT2D eigenvalue weighted by atomic mass is 10.0. The van der Waals surface area contributed by atoms with Gasteiger partial charge in [0.25, 0.3) is 0 Å². The number of Topliss-reactive ketones (excluding diaryl/α,β-unsaturated/α-hetero) is 1. The van der Waals surface area contributed by atoms with Gasteiger partial charge in [-0.15, -0.1) is 0 Å². The number of likely N-dealkylation sites (tertiary alicyclic amines) is 1. The second-order valence-electron chi connectivity index (χ2n) is 8.56. The smallest absolute Gasteiger partial charge is 0.411 e. The Bertz CT molecular complexity index is 751. The van der Waals surface area contributed by atoms with Gasteiger partial charge in [-0.05, 0) is 57.6 Å². The number of hydrogen-bond donors (Lipinski definition) is 0. The van der Waals surface area contributed by atoms with Gasteiger partial charge in [0.1, 0.15) is 11.4 Å². The van der Waals surface area contributed by atoms with Crippen molar-refractivity contribution in [2.45, 2.75) is 71.1 Å². The minimum Gasteiger partial charge on any atom is -0.444 e. The number of hydrogen-bond acceptors (Lipinski definition) is 3. The summed E-state index contributed by atoms with van der Waals surface area (Å²) in [6.45, 7) is 7.17. The molecule has 1 amide bonds. The quantitative estimate of drug-likeness (QED) is 0.718. The summed E-state index contributed by atoms with van der Waals surface area (Å²) in [6.07, 6.45) is 1.34. The molecule has 2 aliphatic rings. The average molecular weight is 373 g/mol. The second-order valence-corrected chi connectivity index (χ2v) is 8.56. The van der Waals surface area contributed by atoms with Crippen LogP contribution >= 0.6 is 0 Å². The largest absolute Gasteiger partial charge is 0.444 e. The minimum absolute atomic E-state index is 0.0630. The van der Waals surface area contributed by atoms with E-state index in [1.54, 1.807) is 11.8 Å². The molecular formula is C22H28FNO3. The van der Waals surface area contributed by atoms with Crippen molar-refractivity contribution in [2.24, 2.45) is 5.92 Å². The van der Waals surface area contributed by atoms with Crippen LogP contribution in [-0.2, 0) is 9.53 Å². The Morgan fingerprint density at radius 1 is 1.15 bits per heavy atom. The summed E-state index contributed by atoms with van der Waals surface area (Å²) in [4.78, 5) is 26.8. The van der Waals surface area contributed by atoms with Crippen molar-refractivity contribution < 1.29 is 18.7 Å². The van der Waals surface area contributed by atoms with Crippen LogP contribution in [0, 0.1) is 5.92 Å². The lowest BCUT2D eigenvalue weighted by Gasteiger charge is -2.29. The number of amides is 1. The molecule has 1 aromatic carbocycles. The number of halogens is 1. The average Bonchev–Trinajstić information content (AvgIpc) is 3.27. The molecule has 1 aromatic rings. The van der Waals surface area contributed by atoms with Crippen LogP contribution in [0.5, 0.6) is 0 Å². The summed E-state index contributed by atoms with van der Waals surface area (Å²) in [5, 5.41) is 0. The van der Waals surface area contributed by atoms with E-state index in [0.29, 0.717) is 17.9 Å². The molecule has 146 valence electrons. The lowest BCUT2D eigenvalue weighted by Crippen LogP contribution is -2.45. The maximum Gasteiger partial charge on any atom is 0.411 e. The molecule has 0 N–H and O–H groups in total. The zero-order chi connectivity index (χ0) is 19.8. The highest BCUT2D eigenvalue weighted by atomic mass is 19.1. The molecule has 1 saturated carbocycles. The molecule has 1 heterocycles. The summed E-state index contributed by atoms with van der Waals surface area (Å²) in [5.74, 6) is 0.0310. The highest BCUT2D eigenvalue weighted by Gasteiger charge is 2.56. The van der Waals surface area contributed by atoms with E-state index in [4.69, 9.17) is 4.74 Å². The van der Waals surface area contributed by atoms with Gasteiger partial charge in [-0.1, -0.05) is 30.3 Å². The van der Waals surface area contributed by atoms with Gasteiger partial charge in [0.05, 0.1) is 6.04 Å². The summed E-state index contributed by atoms with van der Waals surface area (Å²) in [5.41, 5.74) is 0.779. The molecule has 4 nitrogen and oxygen atoms in total. The standard InChI is InChI=1S/C22H28FNO3/c1-14(15-8-6-5-7-9-15)17(23)10-11-20(25)19-13-16-12-18(16)24(19)21(26)27-22(2,3)4/h5-9,16,18-19H,10-13H2,1-4H3/b17-14+/t16-,18-,19+/m1/s1. The van der Waals surface area contributed by atoms with Crippen LogP contribution in [0.1, 0.15) is 58.9 Å². The molecule has 0 spiro atoms. The molecule has 0 aromatic heterocycles. The van der Waals surface area contributed by atoms with Crippen molar-refractivity contribution in [3.8, 4) is 0 Å². The van der Waals surface area contributed by atoms with E-state index in [1.165, 1.54) is 0 Å². The monoisotopic (exact) mass is 373 g/mol. The fraction of sp³-hybridized carbons (Fsp3) is 0.545. The molecule has 3 rings (SSSR count). The third-order valence-electron chi connectivity index (χ3n) is 5.28. The number of benzene rings is 1. The summed E-state index contributed by atoms with van der Waals surface area (Å²) in [6, 6.07) is 8.95. The molecule has 0 bridgehead atoms. The first-order chi connectivity index (χ1) is 12.7. The van der Waals surface area contributed by atoms with Gasteiger partial charge in [0.2, 0.25) is 0 Å². The minimum atomic E-state index is -0.598. The Morgan fingerprint density at radius 2 is 1.81 bits per heavy atom. The normalized spacial score (nSPS) is 24.9. The van der Waals surface area contributed by atoms with Crippen LogP contribution in [0.15, 0.2) is 36.2 Å². The number of ether oxygens (including phenoxy) is 1. The predicted octanol–water partition coefficient (Wildman–Crippen LogP) is 5.13. The number of rotatable bonds is 5. The Balaban J connectivity index is 1.63. The van der Waals surface area contributed by atoms with E-state index in [-0.39, 0.29) is 30.5 Å². The molecule has 0 unspecified atom stereocenters. The molecule has 1 saturated heterocycles. The number of ketones is 1. The van der Waals surface area contributed by atoms with E-state index in [2.05, 4.69) is 0 Å². The molecule has 3 atom stereocenters. The predicted molar refractivity (Wildman–Crippen MR) is 103 cm³/mol. The second kappa shape index (κ2) is 7.45. The molecule has 1 aliphatic heterocycles. The molecular weight excluding hydrogens is 345 g/mol. The molecule has 2 fully saturated rings. The molecule has 27 heavy (non-hydrogen) atoms. The topological polar surface area (TPSA) is 46.6 Å². The van der Waals surface area contributed by atoms with Gasteiger partial charge in [-0.2, -0.15) is 0 Å². The number of carbonyl (C=O) groups excluding carboxylic acids is 2. The fourth-order valence-corrected chi connectivity index (χ4v) is 3.75. The number of carbonyl (C=O) groups is 2. The first-order valence-corrected chi connectivity index (χ1v) is 9.62. The van der Waals surface area contributed by atoms with Crippen LogP contribution in [0.25, 0.3) is 5.57 Å². The highest BCUT2D eigenvalue weighted by molar-refractivity contribution is 5.89. The van der Waals surface area contributed by atoms with Crippen molar-refractivity contribution >= 4 is 17.4 Å². The Kier molecular flexibility index (Phi) is 5.41. The summed E-state index contributed by atoms with van der Waals surface area (Å²) >= 11 is 0. The van der Waals surface area contributed by atoms with Gasteiger partial charge in [-0.3, -0.25) is 9.69 Å². The van der Waals surface area contributed by atoms with Crippen LogP contribution in [0.3, 0.4) is 0 Å². The van der Waals surface area contributed by atoms with E-state index in [9.17, 15) is 14.0 Å². The Hall–Kier alpha value is -2.17. The van der Waals surface area contributed by atoms with E-state index >= 15 is 0 Å². The third-order valence-corrected chi connectivity index (χ3v) is 5.28. The Morgan fingerprint density at radius 3 is 2.44 bits per heavy atom. The number of fused-ring (bicyclic) bond motifs is 1. The van der Waals surface area contributed by atoms with E-state index in [1.807, 2.05) is 51.1 Å². The van der Waals surface area contributed by atoms with Gasteiger partial charge in [0, 0.05) is 18.9 Å². The zero-order valence-corrected chi connectivity index (χ0v) is 16.5. The van der Waals surface area contributed by atoms with E-state index in [0.717, 1.165) is 12.0 Å². The van der Waals surface area contributed by atoms with Crippen molar-refractivity contribution in [3.63, 3.8) is 0 Å². The van der Waals surface area contributed by atoms with Gasteiger partial charge in [-0.25, -0.2) is 9.18 Å². The van der Waals surface area contributed by atoms with Crippen LogP contribution < -0.4 is 0 Å². The van der Waals surface area contributed by atoms with Crippen molar-refractivity contribution in [1.82, 2.24) is 4.90 Å². The maximum atomic E-state index is 14.5. The summed E-state index contributed by atoms with van der Waals surface area (Å²) in [7, 11) is 0. The number of allylic oxidation sites excluding steroid dienone is 2. The SMILES string of the molecule is C/C(=C(\F)CCC(=O)[C@@H]1C[C@H]2C[C@H]2N1C(=O)OC(C)(C)C)c1ccccc1. The maximum absolute atomic E-state index is 14.5. The van der Waals surface area contributed by atoms with Crippen molar-refractivity contribution in [1.29, 1.82) is 0 Å². The first kappa shape index (κ1) is 19.6. The lowest BCUT2D eigenvalue weighted by molar-refractivity contribution is -0.124. The van der Waals surface area contributed by atoms with Crippen LogP contribution in [-0.4, -0.2) is 34.5 Å². The van der Waals surface area contributed by atoms with Crippen molar-refractivity contribution in [3.05, 3.63) is 41.7 Å². The van der Waals surface area contributed by atoms with Gasteiger partial charge < -0.3 is 4.74 Å². The van der Waals surface area contributed by atoms with Crippen LogP contribution in [0.4, 0.5) is 9.18 Å². The fourth-order valence-electron chi connectivity index (χ4n) is 3.75. The zero-order valence-electron chi connectivity index (χ0n) is 16.5. The van der Waals surface area contributed by atoms with E-state index < -0.39 is 17.7 Å². The van der Waals surface area contributed by atoms with Crippen molar-refractivity contribution in [2.75, 3.05) is 0 Å². The molecule has 0 radical (unpaired) electrons. The van der Waals surface area contributed by atoms with Crippen LogP contribution in [0.2, 0.25) is 0 Å². The van der Waals surface area contributed by atoms with Gasteiger partial charge in [0.15, 0.2) is 5.78 Å². The first-order valence-electron chi connectivity index (χ1n) is 9.62. The number of nitrogens with zero attached hydrogens (tertiary/aromatic N) is 1. The molecule has 1 aliphatic carbocycles. The highest BCUT2D eigenvalue weighted by Crippen LogP contribution is 2.48. The Labute approximate surface area is 160 Å². The summed E-state index contributed by atoms with van der Waals surface area (Å²) < 4.78 is 20.0. The third kappa shape index (κ3) is 4.57. The van der Waals surface area contributed by atoms with Gasteiger partial charge >= 0.3 is 6.09 Å².